The Morgan fingerprint density at radius 1 is 0.919 bits per heavy atom. The van der Waals surface area contributed by atoms with Crippen LogP contribution in [0.5, 0.6) is 0 Å². The van der Waals surface area contributed by atoms with Crippen molar-refractivity contribution >= 4 is 23.6 Å². The topological polar surface area (TPSA) is 79.0 Å². The molecule has 0 aliphatic carbocycles. The van der Waals surface area contributed by atoms with Crippen molar-refractivity contribution in [3.05, 3.63) is 101 Å². The lowest BCUT2D eigenvalue weighted by Crippen LogP contribution is -2.47. The van der Waals surface area contributed by atoms with E-state index < -0.39 is 18.2 Å². The number of carbonyl (C=O) groups excluding carboxylic acids is 3. The minimum absolute atomic E-state index is 0.0982. The number of benzene rings is 3. The van der Waals surface area contributed by atoms with E-state index in [0.717, 1.165) is 29.5 Å². The summed E-state index contributed by atoms with van der Waals surface area (Å²) in [7, 11) is 0. The molecule has 0 spiro atoms. The standard InChI is InChI=1S/C30H31N3O4/c1-21-12-14-23(15-13-21)20-33-27(29(35)32-16-5-6-17-32)28(37-30(33)36)24-10-7-11-25(19-24)31-26(34)18-22-8-3-2-4-9-22/h2-4,7-15,19,27-28H,5-6,16-18,20H2,1H3,(H,31,34)/t27-,28+/m1/s1. The summed E-state index contributed by atoms with van der Waals surface area (Å²) in [6.07, 6.45) is 0.889. The highest BCUT2D eigenvalue weighted by atomic mass is 16.6. The Bertz CT molecular complexity index is 1270. The second kappa shape index (κ2) is 10.9. The second-order valence-corrected chi connectivity index (χ2v) is 9.73. The molecule has 2 aliphatic heterocycles. The molecular formula is C30H31N3O4. The molecule has 0 unspecified atom stereocenters. The molecule has 3 aromatic carbocycles. The first kappa shape index (κ1) is 24.6. The normalized spacial score (nSPS) is 19.1. The van der Waals surface area contributed by atoms with Crippen molar-refractivity contribution in [2.75, 3.05) is 18.4 Å². The first-order valence-electron chi connectivity index (χ1n) is 12.7. The number of hydrogen-bond acceptors (Lipinski definition) is 4. The number of aryl methyl sites for hydroxylation is 1. The summed E-state index contributed by atoms with van der Waals surface area (Å²) >= 11 is 0. The predicted octanol–water partition coefficient (Wildman–Crippen LogP) is 4.86. The van der Waals surface area contributed by atoms with Gasteiger partial charge in [-0.25, -0.2) is 4.79 Å². The van der Waals surface area contributed by atoms with Crippen molar-refractivity contribution < 1.29 is 19.1 Å². The maximum absolute atomic E-state index is 13.7. The number of carbonyl (C=O) groups is 3. The summed E-state index contributed by atoms with van der Waals surface area (Å²) in [6.45, 7) is 3.66. The van der Waals surface area contributed by atoms with Crippen molar-refractivity contribution in [1.82, 2.24) is 9.80 Å². The second-order valence-electron chi connectivity index (χ2n) is 9.73. The van der Waals surface area contributed by atoms with Crippen molar-refractivity contribution in [3.63, 3.8) is 0 Å². The Labute approximate surface area is 217 Å². The van der Waals surface area contributed by atoms with Crippen LogP contribution in [0.3, 0.4) is 0 Å². The molecule has 37 heavy (non-hydrogen) atoms. The zero-order chi connectivity index (χ0) is 25.8. The average molecular weight is 498 g/mol. The molecule has 2 atom stereocenters. The van der Waals surface area contributed by atoms with Gasteiger partial charge in [0.25, 0.3) is 0 Å². The first-order valence-corrected chi connectivity index (χ1v) is 12.7. The Morgan fingerprint density at radius 2 is 1.65 bits per heavy atom. The number of amides is 3. The zero-order valence-corrected chi connectivity index (χ0v) is 20.9. The maximum atomic E-state index is 13.7. The number of nitrogens with one attached hydrogen (secondary N) is 1. The van der Waals surface area contributed by atoms with Crippen molar-refractivity contribution in [2.24, 2.45) is 0 Å². The number of ether oxygens (including phenoxy) is 1. The maximum Gasteiger partial charge on any atom is 0.411 e. The summed E-state index contributed by atoms with van der Waals surface area (Å²) in [5.41, 5.74) is 4.25. The van der Waals surface area contributed by atoms with E-state index >= 15 is 0 Å². The van der Waals surface area contributed by atoms with Gasteiger partial charge in [-0.2, -0.15) is 0 Å². The van der Waals surface area contributed by atoms with E-state index in [1.807, 2.05) is 72.5 Å². The van der Waals surface area contributed by atoms with Gasteiger partial charge >= 0.3 is 6.09 Å². The Balaban J connectivity index is 1.39. The molecule has 0 aromatic heterocycles. The molecular weight excluding hydrogens is 466 g/mol. The van der Waals surface area contributed by atoms with Gasteiger partial charge in [0.2, 0.25) is 11.8 Å². The number of cyclic esters (lactones) is 1. The third-order valence-electron chi connectivity index (χ3n) is 6.94. The minimum atomic E-state index is -0.776. The summed E-state index contributed by atoms with van der Waals surface area (Å²) in [6, 6.07) is 23.9. The molecule has 2 aliphatic rings. The lowest BCUT2D eigenvalue weighted by atomic mass is 9.99. The van der Waals surface area contributed by atoms with Crippen LogP contribution in [0.25, 0.3) is 0 Å². The smallest absolute Gasteiger partial charge is 0.411 e. The van der Waals surface area contributed by atoms with E-state index in [1.54, 1.807) is 18.2 Å². The van der Waals surface area contributed by atoms with Crippen molar-refractivity contribution in [3.8, 4) is 0 Å². The fraction of sp³-hybridized carbons (Fsp3) is 0.300. The van der Waals surface area contributed by atoms with Crippen LogP contribution in [0, 0.1) is 6.92 Å². The summed E-state index contributed by atoms with van der Waals surface area (Å²) in [4.78, 5) is 42.8. The van der Waals surface area contributed by atoms with Crippen LogP contribution in [-0.2, 0) is 27.3 Å². The number of hydrogen-bond donors (Lipinski definition) is 1. The summed E-state index contributed by atoms with van der Waals surface area (Å²) in [5.74, 6) is -0.239. The van der Waals surface area contributed by atoms with Crippen LogP contribution in [0.2, 0.25) is 0 Å². The van der Waals surface area contributed by atoms with Crippen molar-refractivity contribution in [2.45, 2.75) is 44.9 Å². The molecule has 7 heteroatoms. The predicted molar refractivity (Wildman–Crippen MR) is 141 cm³/mol. The molecule has 3 aromatic rings. The summed E-state index contributed by atoms with van der Waals surface area (Å²) in [5, 5.41) is 2.93. The SMILES string of the molecule is Cc1ccc(CN2C(=O)O[C@@H](c3cccc(NC(=O)Cc4ccccc4)c3)[C@@H]2C(=O)N2CCCC2)cc1. The fourth-order valence-electron chi connectivity index (χ4n) is 4.99. The molecule has 0 bridgehead atoms. The quantitative estimate of drug-likeness (QED) is 0.506. The lowest BCUT2D eigenvalue weighted by molar-refractivity contribution is -0.135. The van der Waals surface area contributed by atoms with Gasteiger partial charge in [0.15, 0.2) is 12.1 Å². The fourth-order valence-corrected chi connectivity index (χ4v) is 4.99. The zero-order valence-electron chi connectivity index (χ0n) is 20.9. The van der Waals surface area contributed by atoms with Crippen LogP contribution >= 0.6 is 0 Å². The molecule has 1 N–H and O–H groups in total. The van der Waals surface area contributed by atoms with Gasteiger partial charge < -0.3 is 15.0 Å². The van der Waals surface area contributed by atoms with E-state index in [1.165, 1.54) is 4.90 Å². The molecule has 5 rings (SSSR count). The monoisotopic (exact) mass is 497 g/mol. The number of rotatable bonds is 7. The average Bonchev–Trinajstić information content (AvgIpc) is 3.55. The largest absolute Gasteiger partial charge is 0.438 e. The van der Waals surface area contributed by atoms with Gasteiger partial charge in [0.1, 0.15) is 0 Å². The lowest BCUT2D eigenvalue weighted by Gasteiger charge is -2.28. The van der Waals surface area contributed by atoms with Crippen LogP contribution in [0.1, 0.15) is 41.2 Å². The number of nitrogens with zero attached hydrogens (tertiary/aromatic N) is 2. The van der Waals surface area contributed by atoms with Gasteiger partial charge in [0.05, 0.1) is 13.0 Å². The third-order valence-corrected chi connectivity index (χ3v) is 6.94. The Kier molecular flexibility index (Phi) is 7.21. The molecule has 7 nitrogen and oxygen atoms in total. The van der Waals surface area contributed by atoms with Crippen molar-refractivity contribution in [1.29, 1.82) is 0 Å². The van der Waals surface area contributed by atoms with Crippen LogP contribution < -0.4 is 5.32 Å². The van der Waals surface area contributed by atoms with Crippen LogP contribution in [-0.4, -0.2) is 46.8 Å². The van der Waals surface area contributed by atoms with Gasteiger partial charge in [-0.15, -0.1) is 0 Å². The van der Waals surface area contributed by atoms with Gasteiger partial charge in [-0.3, -0.25) is 14.5 Å². The highest BCUT2D eigenvalue weighted by Gasteiger charge is 2.48. The van der Waals surface area contributed by atoms with Gasteiger partial charge in [0, 0.05) is 18.8 Å². The number of anilines is 1. The van der Waals surface area contributed by atoms with Crippen LogP contribution in [0.15, 0.2) is 78.9 Å². The molecule has 2 heterocycles. The number of likely N-dealkylation sites (tertiary alicyclic amines) is 1. The van der Waals surface area contributed by atoms with E-state index in [-0.39, 0.29) is 24.8 Å². The third kappa shape index (κ3) is 5.66. The van der Waals surface area contributed by atoms with Gasteiger partial charge in [-0.1, -0.05) is 72.3 Å². The molecule has 0 radical (unpaired) electrons. The van der Waals surface area contributed by atoms with E-state index in [2.05, 4.69) is 5.32 Å². The molecule has 0 saturated carbocycles. The van der Waals surface area contributed by atoms with E-state index in [0.29, 0.717) is 24.3 Å². The Morgan fingerprint density at radius 3 is 2.38 bits per heavy atom. The highest BCUT2D eigenvalue weighted by Crippen LogP contribution is 2.36. The van der Waals surface area contributed by atoms with Crippen LogP contribution in [0.4, 0.5) is 10.5 Å². The highest BCUT2D eigenvalue weighted by molar-refractivity contribution is 5.92. The molecule has 3 amide bonds. The van der Waals surface area contributed by atoms with E-state index in [4.69, 9.17) is 4.74 Å². The van der Waals surface area contributed by atoms with E-state index in [9.17, 15) is 14.4 Å². The first-order chi connectivity index (χ1) is 18.0. The Hall–Kier alpha value is -4.13. The summed E-state index contributed by atoms with van der Waals surface area (Å²) < 4.78 is 5.83. The molecule has 2 saturated heterocycles. The molecule has 2 fully saturated rings. The molecule has 190 valence electrons. The van der Waals surface area contributed by atoms with Gasteiger partial charge in [-0.05, 0) is 48.6 Å². The minimum Gasteiger partial charge on any atom is -0.438 e.